The van der Waals surface area contributed by atoms with Crippen molar-refractivity contribution in [1.82, 2.24) is 16.0 Å². The van der Waals surface area contributed by atoms with Crippen LogP contribution < -0.4 is 21.7 Å². The van der Waals surface area contributed by atoms with Crippen LogP contribution in [0.25, 0.3) is 0 Å². The van der Waals surface area contributed by atoms with Crippen LogP contribution in [-0.2, 0) is 30.3 Å². The second-order valence-corrected chi connectivity index (χ2v) is 7.23. The Bertz CT molecular complexity index is 709. The summed E-state index contributed by atoms with van der Waals surface area (Å²) in [5, 5.41) is 7.78. The summed E-state index contributed by atoms with van der Waals surface area (Å²) in [6.07, 6.45) is 0.612. The normalized spacial score (nSPS) is 12.6. The Morgan fingerprint density at radius 2 is 1.67 bits per heavy atom. The van der Waals surface area contributed by atoms with Gasteiger partial charge in [0.1, 0.15) is 18.6 Å². The molecule has 0 bridgehead atoms. The maximum atomic E-state index is 12.9. The minimum Gasteiger partial charge on any atom is -0.465 e. The summed E-state index contributed by atoms with van der Waals surface area (Å²) >= 11 is 0. The van der Waals surface area contributed by atoms with Crippen molar-refractivity contribution in [3.05, 3.63) is 35.9 Å². The Morgan fingerprint density at radius 1 is 1.00 bits per heavy atom. The van der Waals surface area contributed by atoms with E-state index in [1.54, 1.807) is 6.92 Å². The highest BCUT2D eigenvalue weighted by Crippen LogP contribution is 2.08. The summed E-state index contributed by atoms with van der Waals surface area (Å²) < 4.78 is 4.79. The molecule has 0 aromatic heterocycles. The molecule has 0 aliphatic rings. The third-order valence-corrected chi connectivity index (χ3v) is 4.17. The predicted molar refractivity (Wildman–Crippen MR) is 112 cm³/mol. The lowest BCUT2D eigenvalue weighted by molar-refractivity contribution is -0.143. The molecule has 0 spiro atoms. The highest BCUT2D eigenvalue weighted by Gasteiger charge is 2.27. The number of ether oxygens (including phenoxy) is 1. The van der Waals surface area contributed by atoms with Gasteiger partial charge in [-0.15, -0.1) is 0 Å². The van der Waals surface area contributed by atoms with Crippen LogP contribution in [0.15, 0.2) is 30.3 Å². The van der Waals surface area contributed by atoms with E-state index in [0.29, 0.717) is 6.42 Å². The fourth-order valence-corrected chi connectivity index (χ4v) is 2.78. The van der Waals surface area contributed by atoms with Gasteiger partial charge in [-0.3, -0.25) is 19.2 Å². The minimum atomic E-state index is -0.893. The van der Waals surface area contributed by atoms with Crippen molar-refractivity contribution in [2.75, 3.05) is 19.7 Å². The molecule has 1 aromatic rings. The van der Waals surface area contributed by atoms with Crippen LogP contribution in [0, 0.1) is 5.92 Å². The molecule has 166 valence electrons. The van der Waals surface area contributed by atoms with Gasteiger partial charge in [-0.25, -0.2) is 0 Å². The highest BCUT2D eigenvalue weighted by atomic mass is 16.5. The fourth-order valence-electron chi connectivity index (χ4n) is 2.78. The zero-order valence-corrected chi connectivity index (χ0v) is 17.8. The zero-order chi connectivity index (χ0) is 22.5. The van der Waals surface area contributed by atoms with Gasteiger partial charge in [0.05, 0.1) is 13.2 Å². The smallest absolute Gasteiger partial charge is 0.325 e. The van der Waals surface area contributed by atoms with Gasteiger partial charge in [0.2, 0.25) is 17.7 Å². The zero-order valence-electron chi connectivity index (χ0n) is 17.8. The van der Waals surface area contributed by atoms with Gasteiger partial charge in [-0.1, -0.05) is 44.2 Å². The van der Waals surface area contributed by atoms with E-state index in [1.807, 2.05) is 44.2 Å². The molecular formula is C21H32N4O5. The van der Waals surface area contributed by atoms with Gasteiger partial charge in [0, 0.05) is 6.42 Å². The number of amides is 3. The van der Waals surface area contributed by atoms with Crippen LogP contribution in [0.5, 0.6) is 0 Å². The van der Waals surface area contributed by atoms with Crippen LogP contribution in [0.2, 0.25) is 0 Å². The predicted octanol–water partition coefficient (Wildman–Crippen LogP) is -0.117. The number of esters is 1. The molecule has 0 aliphatic carbocycles. The second kappa shape index (κ2) is 13.3. The molecule has 30 heavy (non-hydrogen) atoms. The molecule has 3 amide bonds. The average Bonchev–Trinajstić information content (AvgIpc) is 2.71. The maximum absolute atomic E-state index is 12.9. The molecule has 0 saturated heterocycles. The van der Waals surface area contributed by atoms with Crippen molar-refractivity contribution >= 4 is 23.7 Å². The van der Waals surface area contributed by atoms with Gasteiger partial charge < -0.3 is 26.4 Å². The monoisotopic (exact) mass is 420 g/mol. The molecule has 2 atom stereocenters. The molecule has 1 rings (SSSR count). The van der Waals surface area contributed by atoms with E-state index in [0.717, 1.165) is 5.56 Å². The summed E-state index contributed by atoms with van der Waals surface area (Å²) in [6.45, 7) is 5.17. The summed E-state index contributed by atoms with van der Waals surface area (Å²) in [5.74, 6) is -1.92. The standard InChI is InChI=1S/C21H32N4O5/c1-4-30-19(27)13-23-20(28)16(10-14(2)3)25-21(29)17(24-18(26)12-22)11-15-8-6-5-7-9-15/h5-9,14,16-17H,4,10-13,22H2,1-3H3,(H,23,28)(H,24,26)(H,25,29)/t16-,17-/m0/s1. The van der Waals surface area contributed by atoms with Crippen molar-refractivity contribution in [3.8, 4) is 0 Å². The van der Waals surface area contributed by atoms with E-state index in [4.69, 9.17) is 10.5 Å². The highest BCUT2D eigenvalue weighted by molar-refractivity contribution is 5.93. The SMILES string of the molecule is CCOC(=O)CNC(=O)[C@H](CC(C)C)NC(=O)[C@H](Cc1ccccc1)NC(=O)CN. The molecule has 0 saturated carbocycles. The molecule has 9 nitrogen and oxygen atoms in total. The quantitative estimate of drug-likeness (QED) is 0.348. The molecule has 1 aromatic carbocycles. The topological polar surface area (TPSA) is 140 Å². The van der Waals surface area contributed by atoms with E-state index < -0.39 is 35.8 Å². The number of benzene rings is 1. The first kappa shape index (κ1) is 25.1. The minimum absolute atomic E-state index is 0.106. The molecular weight excluding hydrogens is 388 g/mol. The lowest BCUT2D eigenvalue weighted by atomic mass is 10.0. The van der Waals surface area contributed by atoms with Crippen LogP contribution in [0.3, 0.4) is 0 Å². The van der Waals surface area contributed by atoms with Crippen LogP contribution in [-0.4, -0.2) is 55.5 Å². The van der Waals surface area contributed by atoms with Crippen molar-refractivity contribution in [2.45, 2.75) is 45.7 Å². The number of rotatable bonds is 12. The lowest BCUT2D eigenvalue weighted by Crippen LogP contribution is -2.55. The summed E-state index contributed by atoms with van der Waals surface area (Å²) in [5.41, 5.74) is 6.22. The van der Waals surface area contributed by atoms with Crippen LogP contribution in [0.1, 0.15) is 32.8 Å². The van der Waals surface area contributed by atoms with Crippen LogP contribution >= 0.6 is 0 Å². The number of carbonyl (C=O) groups excluding carboxylic acids is 4. The van der Waals surface area contributed by atoms with Gasteiger partial charge in [0.25, 0.3) is 0 Å². The Hall–Kier alpha value is -2.94. The lowest BCUT2D eigenvalue weighted by Gasteiger charge is -2.24. The molecule has 0 fully saturated rings. The first-order chi connectivity index (χ1) is 14.3. The molecule has 0 aliphatic heterocycles. The van der Waals surface area contributed by atoms with E-state index in [2.05, 4.69) is 16.0 Å². The van der Waals surface area contributed by atoms with Gasteiger partial charge in [-0.05, 0) is 24.8 Å². The van der Waals surface area contributed by atoms with E-state index in [9.17, 15) is 19.2 Å². The van der Waals surface area contributed by atoms with Gasteiger partial charge >= 0.3 is 5.97 Å². The molecule has 5 N–H and O–H groups in total. The maximum Gasteiger partial charge on any atom is 0.325 e. The van der Waals surface area contributed by atoms with Crippen molar-refractivity contribution < 1.29 is 23.9 Å². The molecule has 0 unspecified atom stereocenters. The Labute approximate surface area is 177 Å². The third-order valence-electron chi connectivity index (χ3n) is 4.17. The fraction of sp³-hybridized carbons (Fsp3) is 0.524. The number of carbonyl (C=O) groups is 4. The Balaban J connectivity index is 2.87. The van der Waals surface area contributed by atoms with E-state index >= 15 is 0 Å². The average molecular weight is 421 g/mol. The number of hydrogen-bond donors (Lipinski definition) is 4. The van der Waals surface area contributed by atoms with Crippen molar-refractivity contribution in [2.24, 2.45) is 11.7 Å². The largest absolute Gasteiger partial charge is 0.465 e. The van der Waals surface area contributed by atoms with Crippen molar-refractivity contribution in [3.63, 3.8) is 0 Å². The third kappa shape index (κ3) is 9.51. The van der Waals surface area contributed by atoms with E-state index in [1.165, 1.54) is 0 Å². The number of hydrogen-bond acceptors (Lipinski definition) is 6. The summed E-state index contributed by atoms with van der Waals surface area (Å²) in [7, 11) is 0. The van der Waals surface area contributed by atoms with Gasteiger partial charge in [0.15, 0.2) is 0 Å². The molecule has 9 heteroatoms. The first-order valence-electron chi connectivity index (χ1n) is 10.0. The number of nitrogens with one attached hydrogen (secondary N) is 3. The molecule has 0 radical (unpaired) electrons. The van der Waals surface area contributed by atoms with Crippen LogP contribution in [0.4, 0.5) is 0 Å². The van der Waals surface area contributed by atoms with Gasteiger partial charge in [-0.2, -0.15) is 0 Å². The molecule has 0 heterocycles. The summed E-state index contributed by atoms with van der Waals surface area (Å²) in [6, 6.07) is 7.44. The Morgan fingerprint density at radius 3 is 2.23 bits per heavy atom. The Kier molecular flexibility index (Phi) is 11.1. The first-order valence-corrected chi connectivity index (χ1v) is 10.0. The summed E-state index contributed by atoms with van der Waals surface area (Å²) in [4.78, 5) is 48.7. The van der Waals surface area contributed by atoms with Crippen molar-refractivity contribution in [1.29, 1.82) is 0 Å². The second-order valence-electron chi connectivity index (χ2n) is 7.23. The number of nitrogens with two attached hydrogens (primary N) is 1. The van der Waals surface area contributed by atoms with E-state index in [-0.39, 0.29) is 32.0 Å².